The minimum absolute atomic E-state index is 0.198. The van der Waals surface area contributed by atoms with E-state index in [4.69, 9.17) is 14.7 Å². The molecule has 0 bridgehead atoms. The quantitative estimate of drug-likeness (QED) is 0.484. The molecule has 1 saturated heterocycles. The molecule has 158 valence electrons. The number of benzene rings is 1. The lowest BCUT2D eigenvalue weighted by atomic mass is 10.1. The Kier molecular flexibility index (Phi) is 5.21. The fourth-order valence-corrected chi connectivity index (χ4v) is 4.60. The van der Waals surface area contributed by atoms with E-state index in [0.29, 0.717) is 25.0 Å². The van der Waals surface area contributed by atoms with E-state index in [1.165, 1.54) is 5.56 Å². The minimum atomic E-state index is 0.198. The Balaban J connectivity index is 1.64. The van der Waals surface area contributed by atoms with Crippen molar-refractivity contribution in [2.75, 3.05) is 18.1 Å². The van der Waals surface area contributed by atoms with Crippen molar-refractivity contribution in [3.05, 3.63) is 53.5 Å². The van der Waals surface area contributed by atoms with Crippen LogP contribution >= 0.6 is 11.3 Å². The van der Waals surface area contributed by atoms with Gasteiger partial charge in [-0.3, -0.25) is 0 Å². The molecule has 4 aromatic rings. The van der Waals surface area contributed by atoms with E-state index in [9.17, 15) is 0 Å². The monoisotopic (exact) mass is 433 g/mol. The van der Waals surface area contributed by atoms with E-state index in [0.717, 1.165) is 21.8 Å². The maximum atomic E-state index is 5.68. The molecule has 1 fully saturated rings. The third kappa shape index (κ3) is 3.70. The molecule has 31 heavy (non-hydrogen) atoms. The summed E-state index contributed by atoms with van der Waals surface area (Å²) in [5, 5.41) is 14.5. The molecule has 0 spiro atoms. The normalized spacial score (nSPS) is 19.0. The van der Waals surface area contributed by atoms with Crippen LogP contribution in [0.15, 0.2) is 48.0 Å². The zero-order chi connectivity index (χ0) is 21.4. The minimum Gasteiger partial charge on any atom is -0.377 e. The Morgan fingerprint density at radius 3 is 2.55 bits per heavy atom. The fourth-order valence-electron chi connectivity index (χ4n) is 3.88. The summed E-state index contributed by atoms with van der Waals surface area (Å²) in [6.45, 7) is 7.65. The third-order valence-electron chi connectivity index (χ3n) is 5.42. The Labute approximate surface area is 184 Å². The number of aryl methyl sites for hydroxylation is 1. The first kappa shape index (κ1) is 19.8. The second-order valence-electron chi connectivity index (χ2n) is 7.80. The van der Waals surface area contributed by atoms with Gasteiger partial charge in [-0.25, -0.2) is 9.97 Å². The van der Waals surface area contributed by atoms with Crippen LogP contribution in [0, 0.1) is 6.92 Å². The predicted octanol–water partition coefficient (Wildman–Crippen LogP) is 3.77. The van der Waals surface area contributed by atoms with Crippen molar-refractivity contribution in [2.45, 2.75) is 32.9 Å². The van der Waals surface area contributed by atoms with Crippen LogP contribution in [0.2, 0.25) is 0 Å². The number of aromatic nitrogens is 6. The number of tetrazole rings is 1. The Morgan fingerprint density at radius 2 is 1.84 bits per heavy atom. The molecule has 4 heterocycles. The molecule has 0 N–H and O–H groups in total. The van der Waals surface area contributed by atoms with Gasteiger partial charge in [-0.2, -0.15) is 4.68 Å². The molecule has 0 saturated carbocycles. The second kappa shape index (κ2) is 8.16. The predicted molar refractivity (Wildman–Crippen MR) is 120 cm³/mol. The Morgan fingerprint density at radius 1 is 1.06 bits per heavy atom. The number of morpholine rings is 1. The van der Waals surface area contributed by atoms with Crippen molar-refractivity contribution in [3.8, 4) is 27.6 Å². The summed E-state index contributed by atoms with van der Waals surface area (Å²) in [6, 6.07) is 12.6. The number of ether oxygens (including phenoxy) is 1. The van der Waals surface area contributed by atoms with Gasteiger partial charge in [0.05, 0.1) is 47.1 Å². The second-order valence-corrected chi connectivity index (χ2v) is 8.75. The van der Waals surface area contributed by atoms with Crippen LogP contribution in [0.5, 0.6) is 0 Å². The Hall–Kier alpha value is -3.17. The molecule has 5 rings (SSSR count). The summed E-state index contributed by atoms with van der Waals surface area (Å²) in [4.78, 5) is 13.0. The first-order chi connectivity index (χ1) is 15.1. The molecular formula is C22H23N7OS. The van der Waals surface area contributed by atoms with E-state index in [2.05, 4.69) is 47.3 Å². The van der Waals surface area contributed by atoms with Gasteiger partial charge in [-0.05, 0) is 54.8 Å². The van der Waals surface area contributed by atoms with Crippen molar-refractivity contribution < 1.29 is 4.74 Å². The van der Waals surface area contributed by atoms with Crippen LogP contribution in [0.3, 0.4) is 0 Å². The lowest BCUT2D eigenvalue weighted by Crippen LogP contribution is -2.50. The summed E-state index contributed by atoms with van der Waals surface area (Å²) in [7, 11) is 0. The van der Waals surface area contributed by atoms with Crippen molar-refractivity contribution in [1.29, 1.82) is 0 Å². The van der Waals surface area contributed by atoms with E-state index in [1.54, 1.807) is 16.0 Å². The lowest BCUT2D eigenvalue weighted by molar-refractivity contribution is 0.0747. The van der Waals surface area contributed by atoms with Crippen molar-refractivity contribution in [3.63, 3.8) is 0 Å². The molecule has 0 radical (unpaired) electrons. The topological polar surface area (TPSA) is 81.9 Å². The molecule has 8 nitrogen and oxygen atoms in total. The summed E-state index contributed by atoms with van der Waals surface area (Å²) in [6.07, 6.45) is 1.84. The lowest BCUT2D eigenvalue weighted by Gasteiger charge is -2.38. The molecule has 1 aliphatic rings. The number of hydrogen-bond acceptors (Lipinski definition) is 8. The van der Waals surface area contributed by atoms with Gasteiger partial charge in [0, 0.05) is 6.20 Å². The number of nitrogens with zero attached hydrogens (tertiary/aromatic N) is 7. The number of hydrogen-bond donors (Lipinski definition) is 0. The van der Waals surface area contributed by atoms with Crippen LogP contribution < -0.4 is 4.90 Å². The number of anilines is 1. The van der Waals surface area contributed by atoms with Gasteiger partial charge in [0.2, 0.25) is 5.95 Å². The molecular weight excluding hydrogens is 410 g/mol. The van der Waals surface area contributed by atoms with Gasteiger partial charge in [0.1, 0.15) is 0 Å². The molecule has 3 aromatic heterocycles. The van der Waals surface area contributed by atoms with Gasteiger partial charge >= 0.3 is 0 Å². The average Bonchev–Trinajstić information content (AvgIpc) is 3.47. The van der Waals surface area contributed by atoms with Gasteiger partial charge in [0.15, 0.2) is 5.82 Å². The third-order valence-corrected chi connectivity index (χ3v) is 6.29. The fraction of sp³-hybridized carbons (Fsp3) is 0.318. The SMILES string of the molecule is Cc1ccc(-n2nnnc2-c2cnc(N3[C@@H](C)COC[C@@H]3C)nc2-c2cccs2)cc1. The van der Waals surface area contributed by atoms with E-state index in [-0.39, 0.29) is 12.1 Å². The maximum absolute atomic E-state index is 5.68. The maximum Gasteiger partial charge on any atom is 0.226 e. The van der Waals surface area contributed by atoms with E-state index in [1.807, 2.05) is 41.9 Å². The molecule has 0 unspecified atom stereocenters. The number of thiophene rings is 1. The summed E-state index contributed by atoms with van der Waals surface area (Å²) >= 11 is 1.64. The van der Waals surface area contributed by atoms with Gasteiger partial charge < -0.3 is 9.64 Å². The van der Waals surface area contributed by atoms with Crippen LogP contribution in [0.25, 0.3) is 27.6 Å². The van der Waals surface area contributed by atoms with E-state index >= 15 is 0 Å². The molecule has 0 aliphatic carbocycles. The first-order valence-corrected chi connectivity index (χ1v) is 11.1. The molecule has 2 atom stereocenters. The van der Waals surface area contributed by atoms with Crippen LogP contribution in [0.4, 0.5) is 5.95 Å². The van der Waals surface area contributed by atoms with Crippen molar-refractivity contribution in [2.24, 2.45) is 0 Å². The van der Waals surface area contributed by atoms with Gasteiger partial charge in [-0.1, -0.05) is 23.8 Å². The summed E-state index contributed by atoms with van der Waals surface area (Å²) in [5.74, 6) is 1.31. The van der Waals surface area contributed by atoms with E-state index < -0.39 is 0 Å². The summed E-state index contributed by atoms with van der Waals surface area (Å²) in [5.41, 5.74) is 3.70. The van der Waals surface area contributed by atoms with Crippen LogP contribution in [-0.2, 0) is 4.74 Å². The highest BCUT2D eigenvalue weighted by molar-refractivity contribution is 7.13. The van der Waals surface area contributed by atoms with Crippen molar-refractivity contribution in [1.82, 2.24) is 30.2 Å². The zero-order valence-electron chi connectivity index (χ0n) is 17.6. The summed E-state index contributed by atoms with van der Waals surface area (Å²) < 4.78 is 7.41. The molecule has 9 heteroatoms. The zero-order valence-corrected chi connectivity index (χ0v) is 18.5. The van der Waals surface area contributed by atoms with Crippen LogP contribution in [-0.4, -0.2) is 55.5 Å². The molecule has 0 amide bonds. The first-order valence-electron chi connectivity index (χ1n) is 10.2. The standard InChI is InChI=1S/C22H23N7OS/c1-14-6-8-17(9-7-14)29-21(25-26-27-29)18-11-23-22(24-20(18)19-5-4-10-31-19)28-15(2)12-30-13-16(28)3/h4-11,15-16H,12-13H2,1-3H3/t15-,16-/m0/s1. The Bertz CT molecular complexity index is 1160. The smallest absolute Gasteiger partial charge is 0.226 e. The highest BCUT2D eigenvalue weighted by Crippen LogP contribution is 2.34. The van der Waals surface area contributed by atoms with Gasteiger partial charge in [0.25, 0.3) is 0 Å². The highest BCUT2D eigenvalue weighted by atomic mass is 32.1. The van der Waals surface area contributed by atoms with Gasteiger partial charge in [-0.15, -0.1) is 16.4 Å². The highest BCUT2D eigenvalue weighted by Gasteiger charge is 2.29. The largest absolute Gasteiger partial charge is 0.377 e. The molecule has 1 aliphatic heterocycles. The average molecular weight is 434 g/mol. The van der Waals surface area contributed by atoms with Crippen LogP contribution in [0.1, 0.15) is 19.4 Å². The molecule has 1 aromatic carbocycles. The van der Waals surface area contributed by atoms with Crippen molar-refractivity contribution >= 4 is 17.3 Å². The number of rotatable bonds is 4.